The van der Waals surface area contributed by atoms with Crippen LogP contribution in [0.5, 0.6) is 0 Å². The first kappa shape index (κ1) is 16.8. The average molecular weight is 324 g/mol. The van der Waals surface area contributed by atoms with Gasteiger partial charge in [0.2, 0.25) is 5.91 Å². The molecule has 0 saturated carbocycles. The number of nitrogens with one attached hydrogen (secondary N) is 2. The van der Waals surface area contributed by atoms with E-state index in [1.807, 2.05) is 0 Å². The van der Waals surface area contributed by atoms with Gasteiger partial charge in [0.1, 0.15) is 12.4 Å². The van der Waals surface area contributed by atoms with Gasteiger partial charge in [-0.25, -0.2) is 4.39 Å². The van der Waals surface area contributed by atoms with Crippen LogP contribution in [-0.4, -0.2) is 50.6 Å². The first-order valence-electron chi connectivity index (χ1n) is 6.89. The van der Waals surface area contributed by atoms with Gasteiger partial charge < -0.3 is 26.0 Å². The number of ether oxygens (including phenoxy) is 1. The van der Waals surface area contributed by atoms with E-state index in [1.165, 1.54) is 24.1 Å². The lowest BCUT2D eigenvalue weighted by atomic mass is 10.2. The summed E-state index contributed by atoms with van der Waals surface area (Å²) in [7, 11) is 1.41. The maximum absolute atomic E-state index is 14.2. The number of hydrogen-bond acceptors (Lipinski definition) is 5. The number of carbonyl (C=O) groups is 3. The molecular formula is C14H17FN4O4. The molecule has 1 aliphatic heterocycles. The van der Waals surface area contributed by atoms with Crippen LogP contribution < -0.4 is 21.3 Å². The molecule has 23 heavy (non-hydrogen) atoms. The van der Waals surface area contributed by atoms with Gasteiger partial charge in [-0.15, -0.1) is 0 Å². The predicted octanol–water partition coefficient (Wildman–Crippen LogP) is -0.799. The van der Waals surface area contributed by atoms with E-state index in [4.69, 9.17) is 10.5 Å². The molecule has 0 bridgehead atoms. The maximum atomic E-state index is 14.2. The minimum absolute atomic E-state index is 0.0968. The Morgan fingerprint density at radius 3 is 2.74 bits per heavy atom. The molecule has 0 unspecified atom stereocenters. The third-order valence-corrected chi connectivity index (χ3v) is 3.33. The van der Waals surface area contributed by atoms with E-state index < -0.39 is 23.7 Å². The fourth-order valence-electron chi connectivity index (χ4n) is 2.19. The van der Waals surface area contributed by atoms with Crippen molar-refractivity contribution >= 4 is 29.1 Å². The minimum atomic E-state index is -1.22. The number of likely N-dealkylation sites (N-methyl/N-ethyl adjacent to an activating group) is 1. The second-order valence-electron chi connectivity index (χ2n) is 4.88. The van der Waals surface area contributed by atoms with Crippen LogP contribution in [0, 0.1) is 5.82 Å². The first-order valence-corrected chi connectivity index (χ1v) is 6.89. The summed E-state index contributed by atoms with van der Waals surface area (Å²) < 4.78 is 19.2. The van der Waals surface area contributed by atoms with E-state index >= 15 is 0 Å². The molecule has 1 fully saturated rings. The summed E-state index contributed by atoms with van der Waals surface area (Å²) in [6.07, 6.45) is 0. The number of primary amides is 1. The maximum Gasteiger partial charge on any atom is 0.253 e. The van der Waals surface area contributed by atoms with Crippen molar-refractivity contribution in [1.82, 2.24) is 5.32 Å². The Morgan fingerprint density at radius 1 is 1.43 bits per heavy atom. The highest BCUT2D eigenvalue weighted by atomic mass is 19.1. The second kappa shape index (κ2) is 7.16. The summed E-state index contributed by atoms with van der Waals surface area (Å²) in [6.45, 7) is 0.484. The Kier molecular flexibility index (Phi) is 5.24. The van der Waals surface area contributed by atoms with E-state index in [9.17, 15) is 18.8 Å². The highest BCUT2D eigenvalue weighted by molar-refractivity contribution is 6.09. The van der Waals surface area contributed by atoms with Crippen molar-refractivity contribution in [2.75, 3.05) is 37.0 Å². The Hall–Kier alpha value is -2.52. The molecule has 4 N–H and O–H groups in total. The second-order valence-corrected chi connectivity index (χ2v) is 4.88. The highest BCUT2D eigenvalue weighted by Crippen LogP contribution is 2.24. The molecule has 2 rings (SSSR count). The summed E-state index contributed by atoms with van der Waals surface area (Å²) in [6, 6.07) is 2.67. The summed E-state index contributed by atoms with van der Waals surface area (Å²) in [5, 5.41) is 4.84. The fraction of sp³-hybridized carbons (Fsp3) is 0.357. The molecule has 0 radical (unpaired) electrons. The molecule has 1 aromatic rings. The fourth-order valence-corrected chi connectivity index (χ4v) is 2.19. The van der Waals surface area contributed by atoms with Gasteiger partial charge in [-0.1, -0.05) is 0 Å². The van der Waals surface area contributed by atoms with Crippen LogP contribution in [0.3, 0.4) is 0 Å². The molecule has 0 aliphatic carbocycles. The number of halogens is 1. The van der Waals surface area contributed by atoms with Crippen LogP contribution >= 0.6 is 0 Å². The largest absolute Gasteiger partial charge is 0.370 e. The van der Waals surface area contributed by atoms with Crippen LogP contribution in [0.1, 0.15) is 0 Å². The molecule has 124 valence electrons. The molecule has 3 amide bonds. The number of morpholine rings is 1. The van der Waals surface area contributed by atoms with Gasteiger partial charge in [0.05, 0.1) is 12.3 Å². The zero-order chi connectivity index (χ0) is 17.0. The van der Waals surface area contributed by atoms with Gasteiger partial charge >= 0.3 is 0 Å². The van der Waals surface area contributed by atoms with Gasteiger partial charge in [0.25, 0.3) is 11.8 Å². The molecule has 0 aromatic heterocycles. The Bertz CT molecular complexity index is 637. The number of nitrogens with two attached hydrogens (primary N) is 1. The number of anilines is 2. The number of nitrogens with zero attached hydrogens (tertiary/aromatic N) is 1. The summed E-state index contributed by atoms with van der Waals surface area (Å²) in [5.41, 5.74) is 5.34. The van der Waals surface area contributed by atoms with Crippen LogP contribution in [-0.2, 0) is 19.1 Å². The molecule has 8 nitrogen and oxygen atoms in total. The van der Waals surface area contributed by atoms with Gasteiger partial charge in [0, 0.05) is 12.2 Å². The Labute approximate surface area is 131 Å². The molecule has 1 aromatic carbocycles. The summed E-state index contributed by atoms with van der Waals surface area (Å²) in [4.78, 5) is 36.0. The molecule has 1 atom stereocenters. The van der Waals surface area contributed by atoms with Crippen LogP contribution in [0.2, 0.25) is 0 Å². The van der Waals surface area contributed by atoms with E-state index in [-0.39, 0.29) is 30.4 Å². The summed E-state index contributed by atoms with van der Waals surface area (Å²) in [5.74, 6) is -2.55. The average Bonchev–Trinajstić information content (AvgIpc) is 2.49. The zero-order valence-corrected chi connectivity index (χ0v) is 12.5. The van der Waals surface area contributed by atoms with E-state index in [0.29, 0.717) is 6.61 Å². The SMILES string of the molecule is CN[C@H](C(N)=O)C(=O)Nc1ccc(N2CCOCC2=O)c(F)c1. The number of benzene rings is 1. The molecule has 1 heterocycles. The standard InChI is InChI=1S/C14H17FN4O4/c1-17-12(13(16)21)14(22)18-8-2-3-10(9(15)6-8)19-4-5-23-7-11(19)20/h2-3,6,12,17H,4-5,7H2,1H3,(H2,16,21)(H,18,22)/t12-/m1/s1. The number of carbonyl (C=O) groups excluding carboxylic acids is 3. The van der Waals surface area contributed by atoms with Gasteiger partial charge in [-0.05, 0) is 25.2 Å². The zero-order valence-electron chi connectivity index (χ0n) is 12.5. The lowest BCUT2D eigenvalue weighted by molar-refractivity contribution is -0.128. The Morgan fingerprint density at radius 2 is 2.17 bits per heavy atom. The van der Waals surface area contributed by atoms with E-state index in [0.717, 1.165) is 6.07 Å². The lowest BCUT2D eigenvalue weighted by Gasteiger charge is -2.27. The van der Waals surface area contributed by atoms with Crippen molar-refractivity contribution in [3.63, 3.8) is 0 Å². The predicted molar refractivity (Wildman–Crippen MR) is 80.2 cm³/mol. The monoisotopic (exact) mass is 324 g/mol. The van der Waals surface area contributed by atoms with Crippen LogP contribution in [0.15, 0.2) is 18.2 Å². The van der Waals surface area contributed by atoms with Gasteiger partial charge in [-0.2, -0.15) is 0 Å². The minimum Gasteiger partial charge on any atom is -0.370 e. The summed E-state index contributed by atoms with van der Waals surface area (Å²) >= 11 is 0. The van der Waals surface area contributed by atoms with Gasteiger partial charge in [0.15, 0.2) is 6.04 Å². The van der Waals surface area contributed by atoms with Crippen molar-refractivity contribution in [2.45, 2.75) is 6.04 Å². The normalized spacial score (nSPS) is 16.1. The van der Waals surface area contributed by atoms with Crippen LogP contribution in [0.25, 0.3) is 0 Å². The van der Waals surface area contributed by atoms with Crippen molar-refractivity contribution in [3.05, 3.63) is 24.0 Å². The number of amides is 3. The topological polar surface area (TPSA) is 114 Å². The molecule has 1 saturated heterocycles. The van der Waals surface area contributed by atoms with Crippen molar-refractivity contribution in [1.29, 1.82) is 0 Å². The molecule has 1 aliphatic rings. The smallest absolute Gasteiger partial charge is 0.253 e. The van der Waals surface area contributed by atoms with Crippen molar-refractivity contribution < 1.29 is 23.5 Å². The third kappa shape index (κ3) is 3.82. The van der Waals surface area contributed by atoms with Crippen molar-refractivity contribution in [2.24, 2.45) is 5.73 Å². The van der Waals surface area contributed by atoms with E-state index in [1.54, 1.807) is 0 Å². The molecule has 0 spiro atoms. The third-order valence-electron chi connectivity index (χ3n) is 3.33. The quantitative estimate of drug-likeness (QED) is 0.614. The number of rotatable bonds is 5. The molecular weight excluding hydrogens is 307 g/mol. The first-order chi connectivity index (χ1) is 10.9. The number of hydrogen-bond donors (Lipinski definition) is 3. The molecule has 9 heteroatoms. The van der Waals surface area contributed by atoms with Crippen LogP contribution in [0.4, 0.5) is 15.8 Å². The van der Waals surface area contributed by atoms with Crippen molar-refractivity contribution in [3.8, 4) is 0 Å². The van der Waals surface area contributed by atoms with E-state index in [2.05, 4.69) is 10.6 Å². The van der Waals surface area contributed by atoms with Gasteiger partial charge in [-0.3, -0.25) is 14.4 Å². The lowest BCUT2D eigenvalue weighted by Crippen LogP contribution is -2.48. The Balaban J connectivity index is 2.14. The highest BCUT2D eigenvalue weighted by Gasteiger charge is 2.25.